The van der Waals surface area contributed by atoms with Crippen molar-refractivity contribution in [1.82, 2.24) is 5.32 Å². The summed E-state index contributed by atoms with van der Waals surface area (Å²) >= 11 is 0. The average molecular weight is 296 g/mol. The fraction of sp³-hybridized carbons (Fsp3) is 0.600. The van der Waals surface area contributed by atoms with E-state index in [2.05, 4.69) is 12.2 Å². The smallest absolute Gasteiger partial charge is 0.235 e. The normalized spacial score (nSPS) is 18.9. The Hall–Kier alpha value is -1.07. The molecule has 0 radical (unpaired) electrons. The van der Waals surface area contributed by atoms with Crippen molar-refractivity contribution in [2.75, 3.05) is 23.1 Å². The first-order valence-corrected chi connectivity index (χ1v) is 9.03. The van der Waals surface area contributed by atoms with Crippen molar-refractivity contribution in [3.8, 4) is 0 Å². The molecular formula is C15H24N2O2S. The highest BCUT2D eigenvalue weighted by Crippen LogP contribution is 2.35. The van der Waals surface area contributed by atoms with E-state index in [4.69, 9.17) is 0 Å². The molecular weight excluding hydrogens is 272 g/mol. The van der Waals surface area contributed by atoms with Crippen LogP contribution < -0.4 is 9.62 Å². The summed E-state index contributed by atoms with van der Waals surface area (Å²) in [6.07, 6.45) is 2.56. The number of benzene rings is 1. The van der Waals surface area contributed by atoms with Crippen LogP contribution >= 0.6 is 0 Å². The average Bonchev–Trinajstić information content (AvgIpc) is 2.44. The molecule has 1 aromatic carbocycles. The van der Waals surface area contributed by atoms with Gasteiger partial charge in [-0.3, -0.25) is 4.31 Å². The molecule has 0 aromatic heterocycles. The van der Waals surface area contributed by atoms with Gasteiger partial charge in [-0.1, -0.05) is 32.0 Å². The van der Waals surface area contributed by atoms with E-state index in [-0.39, 0.29) is 11.8 Å². The van der Waals surface area contributed by atoms with Crippen LogP contribution in [0, 0.1) is 0 Å². The molecule has 4 nitrogen and oxygen atoms in total. The van der Waals surface area contributed by atoms with Crippen LogP contribution in [0.5, 0.6) is 0 Å². The first-order chi connectivity index (χ1) is 9.60. The maximum atomic E-state index is 12.4. The molecule has 1 aromatic rings. The predicted molar refractivity (Wildman–Crippen MR) is 83.5 cm³/mol. The van der Waals surface area contributed by atoms with Crippen molar-refractivity contribution in [3.63, 3.8) is 0 Å². The summed E-state index contributed by atoms with van der Waals surface area (Å²) in [5.41, 5.74) is 1.95. The molecule has 1 unspecified atom stereocenters. The Labute approximate surface area is 122 Å². The first kappa shape index (κ1) is 15.3. The van der Waals surface area contributed by atoms with Crippen LogP contribution in [0.4, 0.5) is 5.69 Å². The Morgan fingerprint density at radius 2 is 2.00 bits per heavy atom. The summed E-state index contributed by atoms with van der Waals surface area (Å²) in [7, 11) is -3.19. The molecule has 0 bridgehead atoms. The Morgan fingerprint density at radius 1 is 1.25 bits per heavy atom. The highest BCUT2D eigenvalue weighted by Gasteiger charge is 2.30. The van der Waals surface area contributed by atoms with Gasteiger partial charge in [0.25, 0.3) is 0 Å². The lowest BCUT2D eigenvalue weighted by Crippen LogP contribution is -2.40. The lowest BCUT2D eigenvalue weighted by atomic mass is 9.98. The van der Waals surface area contributed by atoms with E-state index in [0.29, 0.717) is 13.0 Å². The number of para-hydroxylation sites is 1. The van der Waals surface area contributed by atoms with E-state index in [1.165, 1.54) is 0 Å². The Bertz CT molecular complexity index is 543. The lowest BCUT2D eigenvalue weighted by molar-refractivity contribution is 0.488. The Balaban J connectivity index is 2.31. The molecule has 0 aliphatic carbocycles. The number of hydrogen-bond acceptors (Lipinski definition) is 3. The van der Waals surface area contributed by atoms with Gasteiger partial charge >= 0.3 is 0 Å². The summed E-state index contributed by atoms with van der Waals surface area (Å²) in [5, 5.41) is 3.51. The van der Waals surface area contributed by atoms with Crippen LogP contribution in [0.2, 0.25) is 0 Å². The zero-order chi connectivity index (χ0) is 14.6. The summed E-state index contributed by atoms with van der Waals surface area (Å²) in [4.78, 5) is 0. The second-order valence-electron chi connectivity index (χ2n) is 5.24. The minimum atomic E-state index is -3.19. The summed E-state index contributed by atoms with van der Waals surface area (Å²) in [6, 6.07) is 8.11. The van der Waals surface area contributed by atoms with Gasteiger partial charge in [-0.15, -0.1) is 0 Å². The molecule has 1 aliphatic rings. The van der Waals surface area contributed by atoms with Crippen molar-refractivity contribution in [1.29, 1.82) is 0 Å². The lowest BCUT2D eigenvalue weighted by Gasteiger charge is -2.35. The van der Waals surface area contributed by atoms with E-state index in [1.807, 2.05) is 31.2 Å². The summed E-state index contributed by atoms with van der Waals surface area (Å²) < 4.78 is 26.3. The van der Waals surface area contributed by atoms with Crippen molar-refractivity contribution < 1.29 is 8.42 Å². The van der Waals surface area contributed by atoms with E-state index >= 15 is 0 Å². The maximum absolute atomic E-state index is 12.4. The van der Waals surface area contributed by atoms with E-state index in [0.717, 1.165) is 30.6 Å². The summed E-state index contributed by atoms with van der Waals surface area (Å²) in [6.45, 7) is 5.57. The third kappa shape index (κ3) is 3.15. The van der Waals surface area contributed by atoms with E-state index < -0.39 is 10.0 Å². The van der Waals surface area contributed by atoms with Crippen LogP contribution in [0.25, 0.3) is 0 Å². The minimum absolute atomic E-state index is 0.217. The quantitative estimate of drug-likeness (QED) is 0.878. The van der Waals surface area contributed by atoms with Gasteiger partial charge in [0.15, 0.2) is 0 Å². The SMILES string of the molecule is CCCNC1CCN(S(=O)(=O)CCC)c2ccccc21. The van der Waals surface area contributed by atoms with Crippen LogP contribution in [0.1, 0.15) is 44.7 Å². The molecule has 0 saturated carbocycles. The molecule has 0 amide bonds. The first-order valence-electron chi connectivity index (χ1n) is 7.43. The molecule has 112 valence electrons. The summed E-state index contributed by atoms with van der Waals surface area (Å²) in [5.74, 6) is 0.217. The van der Waals surface area contributed by atoms with E-state index in [9.17, 15) is 8.42 Å². The van der Waals surface area contributed by atoms with Crippen LogP contribution in [0.3, 0.4) is 0 Å². The molecule has 1 heterocycles. The van der Waals surface area contributed by atoms with Gasteiger partial charge < -0.3 is 5.32 Å². The highest BCUT2D eigenvalue weighted by molar-refractivity contribution is 7.92. The van der Waals surface area contributed by atoms with Crippen LogP contribution in [0.15, 0.2) is 24.3 Å². The Kier molecular flexibility index (Phi) is 5.05. The van der Waals surface area contributed by atoms with Gasteiger partial charge in [-0.05, 0) is 37.4 Å². The van der Waals surface area contributed by atoms with Crippen LogP contribution in [-0.4, -0.2) is 27.3 Å². The monoisotopic (exact) mass is 296 g/mol. The molecule has 0 spiro atoms. The van der Waals surface area contributed by atoms with Gasteiger partial charge in [0, 0.05) is 12.6 Å². The van der Waals surface area contributed by atoms with Crippen molar-refractivity contribution >= 4 is 15.7 Å². The molecule has 5 heteroatoms. The number of hydrogen-bond donors (Lipinski definition) is 1. The van der Waals surface area contributed by atoms with Gasteiger partial charge in [0.1, 0.15) is 0 Å². The number of fused-ring (bicyclic) bond motifs is 1. The third-order valence-corrected chi connectivity index (χ3v) is 5.62. The minimum Gasteiger partial charge on any atom is -0.310 e. The number of anilines is 1. The Morgan fingerprint density at radius 3 is 2.70 bits per heavy atom. The predicted octanol–water partition coefficient (Wildman–Crippen LogP) is 2.68. The zero-order valence-electron chi connectivity index (χ0n) is 12.3. The largest absolute Gasteiger partial charge is 0.310 e. The number of nitrogens with zero attached hydrogens (tertiary/aromatic N) is 1. The third-order valence-electron chi connectivity index (χ3n) is 3.64. The van der Waals surface area contributed by atoms with Gasteiger partial charge in [-0.2, -0.15) is 0 Å². The topological polar surface area (TPSA) is 49.4 Å². The van der Waals surface area contributed by atoms with Gasteiger partial charge in [0.05, 0.1) is 11.4 Å². The van der Waals surface area contributed by atoms with Crippen LogP contribution in [-0.2, 0) is 10.0 Å². The fourth-order valence-electron chi connectivity index (χ4n) is 2.72. The standard InChI is InChI=1S/C15H24N2O2S/c1-3-10-16-14-9-11-17(20(18,19)12-4-2)15-8-6-5-7-13(14)15/h5-8,14,16H,3-4,9-12H2,1-2H3. The molecule has 1 atom stereocenters. The number of rotatable bonds is 6. The molecule has 2 rings (SSSR count). The number of sulfonamides is 1. The maximum Gasteiger partial charge on any atom is 0.235 e. The second-order valence-corrected chi connectivity index (χ2v) is 7.26. The molecule has 0 fully saturated rings. The van der Waals surface area contributed by atoms with Gasteiger partial charge in [-0.25, -0.2) is 8.42 Å². The van der Waals surface area contributed by atoms with Gasteiger partial charge in [0.2, 0.25) is 10.0 Å². The zero-order valence-corrected chi connectivity index (χ0v) is 13.1. The van der Waals surface area contributed by atoms with Crippen molar-refractivity contribution in [2.45, 2.75) is 39.2 Å². The van der Waals surface area contributed by atoms with E-state index in [1.54, 1.807) is 4.31 Å². The molecule has 0 saturated heterocycles. The molecule has 20 heavy (non-hydrogen) atoms. The number of nitrogens with one attached hydrogen (secondary N) is 1. The molecule has 1 aliphatic heterocycles. The fourth-order valence-corrected chi connectivity index (χ4v) is 4.31. The van der Waals surface area contributed by atoms with Crippen molar-refractivity contribution in [3.05, 3.63) is 29.8 Å². The van der Waals surface area contributed by atoms with Crippen molar-refractivity contribution in [2.24, 2.45) is 0 Å². The second kappa shape index (κ2) is 6.59. The highest BCUT2D eigenvalue weighted by atomic mass is 32.2. The molecule has 1 N–H and O–H groups in total.